The van der Waals surface area contributed by atoms with Crippen LogP contribution in [0.15, 0.2) is 47.1 Å². The number of rotatable bonds is 5. The lowest BCUT2D eigenvalue weighted by molar-refractivity contribution is 0.0939. The van der Waals surface area contributed by atoms with E-state index in [1.807, 2.05) is 18.2 Å². The first-order valence-electron chi connectivity index (χ1n) is 7.60. The predicted octanol–water partition coefficient (Wildman–Crippen LogP) is 2.30. The van der Waals surface area contributed by atoms with E-state index in [1.54, 1.807) is 6.07 Å². The van der Waals surface area contributed by atoms with Crippen LogP contribution in [-0.4, -0.2) is 41.1 Å². The van der Waals surface area contributed by atoms with Gasteiger partial charge in [0.05, 0.1) is 17.9 Å². The van der Waals surface area contributed by atoms with Gasteiger partial charge in [0.1, 0.15) is 0 Å². The zero-order chi connectivity index (χ0) is 16.2. The van der Waals surface area contributed by atoms with Gasteiger partial charge in [0.15, 0.2) is 0 Å². The molecular formula is C17H19ClN2O3. The summed E-state index contributed by atoms with van der Waals surface area (Å²) in [6.07, 6.45) is 1.67. The molecule has 1 aromatic heterocycles. The molecule has 2 atom stereocenters. The van der Waals surface area contributed by atoms with Crippen LogP contribution >= 0.6 is 11.6 Å². The van der Waals surface area contributed by atoms with E-state index in [-0.39, 0.29) is 23.3 Å². The van der Waals surface area contributed by atoms with Crippen LogP contribution in [0.4, 0.5) is 0 Å². The van der Waals surface area contributed by atoms with Gasteiger partial charge in [0, 0.05) is 25.7 Å². The molecule has 1 aliphatic rings. The SMILES string of the molecule is O=C(NC[C@@H]1C[C@H](O)CN1Cc1ccccc1)c1ccoc1Cl. The van der Waals surface area contributed by atoms with Gasteiger partial charge in [-0.25, -0.2) is 0 Å². The summed E-state index contributed by atoms with van der Waals surface area (Å²) in [6.45, 7) is 1.83. The highest BCUT2D eigenvalue weighted by atomic mass is 35.5. The molecule has 2 N–H and O–H groups in total. The Morgan fingerprint density at radius 1 is 1.35 bits per heavy atom. The summed E-state index contributed by atoms with van der Waals surface area (Å²) in [7, 11) is 0. The first kappa shape index (κ1) is 16.1. The van der Waals surface area contributed by atoms with E-state index in [4.69, 9.17) is 16.0 Å². The summed E-state index contributed by atoms with van der Waals surface area (Å²) in [5.74, 6) is -0.259. The number of carbonyl (C=O) groups excluding carboxylic acids is 1. The van der Waals surface area contributed by atoms with E-state index in [1.165, 1.54) is 11.8 Å². The molecule has 0 bridgehead atoms. The fraction of sp³-hybridized carbons (Fsp3) is 0.353. The maximum atomic E-state index is 12.1. The zero-order valence-electron chi connectivity index (χ0n) is 12.6. The maximum Gasteiger partial charge on any atom is 0.256 e. The van der Waals surface area contributed by atoms with Crippen molar-refractivity contribution in [2.45, 2.75) is 25.1 Å². The average Bonchev–Trinajstić information content (AvgIpc) is 3.12. The number of aliphatic hydroxyl groups is 1. The van der Waals surface area contributed by atoms with Gasteiger partial charge in [0.25, 0.3) is 5.91 Å². The first-order valence-corrected chi connectivity index (χ1v) is 7.98. The fourth-order valence-corrected chi connectivity index (χ4v) is 3.14. The summed E-state index contributed by atoms with van der Waals surface area (Å²) < 4.78 is 4.93. The van der Waals surface area contributed by atoms with Gasteiger partial charge in [-0.3, -0.25) is 9.69 Å². The topological polar surface area (TPSA) is 65.7 Å². The second kappa shape index (κ2) is 7.17. The fourth-order valence-electron chi connectivity index (χ4n) is 2.94. The van der Waals surface area contributed by atoms with Crippen molar-refractivity contribution >= 4 is 17.5 Å². The molecule has 1 amide bonds. The molecule has 1 fully saturated rings. The van der Waals surface area contributed by atoms with Crippen molar-refractivity contribution in [3.63, 3.8) is 0 Å². The number of halogens is 1. The molecule has 3 rings (SSSR count). The summed E-state index contributed by atoms with van der Waals surface area (Å²) in [6, 6.07) is 11.7. The van der Waals surface area contributed by atoms with E-state index < -0.39 is 0 Å². The molecule has 1 aromatic carbocycles. The van der Waals surface area contributed by atoms with Crippen molar-refractivity contribution < 1.29 is 14.3 Å². The van der Waals surface area contributed by atoms with Gasteiger partial charge in [-0.15, -0.1) is 0 Å². The molecule has 0 aliphatic carbocycles. The lowest BCUT2D eigenvalue weighted by Gasteiger charge is -2.24. The number of carbonyl (C=O) groups is 1. The van der Waals surface area contributed by atoms with Gasteiger partial charge in [-0.05, 0) is 29.7 Å². The standard InChI is InChI=1S/C17H19ClN2O3/c18-16-15(6-7-23-16)17(22)19-9-13-8-14(21)11-20(13)10-12-4-2-1-3-5-12/h1-7,13-14,21H,8-11H2,(H,19,22)/t13-,14-/m0/s1. The van der Waals surface area contributed by atoms with Crippen LogP contribution in [0, 0.1) is 0 Å². The van der Waals surface area contributed by atoms with Gasteiger partial charge in [-0.2, -0.15) is 0 Å². The second-order valence-corrected chi connectivity index (χ2v) is 6.12. The quantitative estimate of drug-likeness (QED) is 0.880. The number of β-amino-alcohol motifs (C(OH)–C–C–N with tert-alkyl or cyclic N) is 1. The predicted molar refractivity (Wildman–Crippen MR) is 87.3 cm³/mol. The van der Waals surface area contributed by atoms with E-state index in [2.05, 4.69) is 22.3 Å². The summed E-state index contributed by atoms with van der Waals surface area (Å²) >= 11 is 5.81. The molecule has 0 spiro atoms. The number of hydrogen-bond acceptors (Lipinski definition) is 4. The third-order valence-electron chi connectivity index (χ3n) is 4.10. The molecule has 0 radical (unpaired) electrons. The molecule has 1 aliphatic heterocycles. The monoisotopic (exact) mass is 334 g/mol. The van der Waals surface area contributed by atoms with Crippen LogP contribution in [0.2, 0.25) is 5.22 Å². The second-order valence-electron chi connectivity index (χ2n) is 5.78. The largest absolute Gasteiger partial charge is 0.452 e. The minimum Gasteiger partial charge on any atom is -0.452 e. The summed E-state index contributed by atoms with van der Waals surface area (Å²) in [5, 5.41) is 12.9. The number of benzene rings is 1. The van der Waals surface area contributed by atoms with Gasteiger partial charge < -0.3 is 14.8 Å². The minimum absolute atomic E-state index is 0.0927. The molecule has 2 heterocycles. The van der Waals surface area contributed by atoms with Crippen molar-refractivity contribution in [2.75, 3.05) is 13.1 Å². The zero-order valence-corrected chi connectivity index (χ0v) is 13.4. The number of aliphatic hydroxyl groups excluding tert-OH is 1. The number of amides is 1. The Morgan fingerprint density at radius 3 is 2.83 bits per heavy atom. The van der Waals surface area contributed by atoms with Crippen LogP contribution in [-0.2, 0) is 6.54 Å². The van der Waals surface area contributed by atoms with E-state index in [0.717, 1.165) is 6.54 Å². The highest BCUT2D eigenvalue weighted by Crippen LogP contribution is 2.21. The van der Waals surface area contributed by atoms with Crippen LogP contribution in [0.5, 0.6) is 0 Å². The first-order chi connectivity index (χ1) is 11.1. The summed E-state index contributed by atoms with van der Waals surface area (Å²) in [5.41, 5.74) is 1.52. The number of likely N-dealkylation sites (tertiary alicyclic amines) is 1. The van der Waals surface area contributed by atoms with Crippen molar-refractivity contribution in [3.05, 3.63) is 59.0 Å². The molecule has 23 heavy (non-hydrogen) atoms. The lowest BCUT2D eigenvalue weighted by Crippen LogP contribution is -2.39. The number of nitrogens with one attached hydrogen (secondary N) is 1. The minimum atomic E-state index is -0.363. The van der Waals surface area contributed by atoms with Gasteiger partial charge in [0.2, 0.25) is 5.22 Å². The maximum absolute atomic E-state index is 12.1. The van der Waals surface area contributed by atoms with E-state index in [9.17, 15) is 9.90 Å². The van der Waals surface area contributed by atoms with Crippen LogP contribution in [0.3, 0.4) is 0 Å². The van der Waals surface area contributed by atoms with Crippen LogP contribution in [0.25, 0.3) is 0 Å². The summed E-state index contributed by atoms with van der Waals surface area (Å²) in [4.78, 5) is 14.3. The van der Waals surface area contributed by atoms with Gasteiger partial charge in [-0.1, -0.05) is 30.3 Å². The highest BCUT2D eigenvalue weighted by Gasteiger charge is 2.31. The lowest BCUT2D eigenvalue weighted by atomic mass is 10.1. The third kappa shape index (κ3) is 3.93. The van der Waals surface area contributed by atoms with Crippen molar-refractivity contribution in [1.29, 1.82) is 0 Å². The molecule has 1 saturated heterocycles. The Bertz CT molecular complexity index is 659. The Morgan fingerprint density at radius 2 is 2.13 bits per heavy atom. The molecule has 0 unspecified atom stereocenters. The van der Waals surface area contributed by atoms with E-state index >= 15 is 0 Å². The molecule has 2 aromatic rings. The Kier molecular flexibility index (Phi) is 5.00. The molecular weight excluding hydrogens is 316 g/mol. The Labute approximate surface area is 139 Å². The van der Waals surface area contributed by atoms with E-state index in [0.29, 0.717) is 25.1 Å². The Hall–Kier alpha value is -1.82. The smallest absolute Gasteiger partial charge is 0.256 e. The average molecular weight is 335 g/mol. The molecule has 0 saturated carbocycles. The molecule has 5 nitrogen and oxygen atoms in total. The van der Waals surface area contributed by atoms with Crippen molar-refractivity contribution in [2.24, 2.45) is 0 Å². The van der Waals surface area contributed by atoms with Crippen molar-refractivity contribution in [3.8, 4) is 0 Å². The van der Waals surface area contributed by atoms with Gasteiger partial charge >= 0.3 is 0 Å². The number of hydrogen-bond donors (Lipinski definition) is 2. The van der Waals surface area contributed by atoms with Crippen LogP contribution < -0.4 is 5.32 Å². The van der Waals surface area contributed by atoms with Crippen LogP contribution in [0.1, 0.15) is 22.3 Å². The molecule has 122 valence electrons. The third-order valence-corrected chi connectivity index (χ3v) is 4.39. The van der Waals surface area contributed by atoms with Crippen molar-refractivity contribution in [1.82, 2.24) is 10.2 Å². The Balaban J connectivity index is 1.59. The molecule has 6 heteroatoms. The number of nitrogens with zero attached hydrogens (tertiary/aromatic N) is 1. The number of furan rings is 1. The normalized spacial score (nSPS) is 21.5. The highest BCUT2D eigenvalue weighted by molar-refractivity contribution is 6.32.